The van der Waals surface area contributed by atoms with E-state index in [-0.39, 0.29) is 48.8 Å². The third-order valence-corrected chi connectivity index (χ3v) is 13.0. The molecule has 2 aromatic rings. The van der Waals surface area contributed by atoms with Crippen LogP contribution in [0.5, 0.6) is 0 Å². The SMILES string of the molecule is CC[C@H](C)C([C@@H](CC(=O)N1CCC[C@H]1[C@H](OC)[C@@H](C)C(=O)N[C@@H](Cc1ccccc1)C(=O)N[C@@H](Cc1ccc(N)cc1)C(=O)O)OC)N(C)C(=O)C(I)NC(=O)[C@H](C(C)C)N(C)C. The van der Waals surface area contributed by atoms with Crippen molar-refractivity contribution < 1.29 is 43.3 Å². The molecule has 0 aliphatic carbocycles. The molecule has 1 aliphatic heterocycles. The zero-order chi connectivity index (χ0) is 47.1. The first-order valence-electron chi connectivity index (χ1n) is 21.7. The number of benzene rings is 2. The number of carboxylic acids is 1. The minimum Gasteiger partial charge on any atom is -0.480 e. The summed E-state index contributed by atoms with van der Waals surface area (Å²) in [4.78, 5) is 86.8. The van der Waals surface area contributed by atoms with E-state index in [4.69, 9.17) is 15.2 Å². The Morgan fingerprint density at radius 1 is 0.841 bits per heavy atom. The summed E-state index contributed by atoms with van der Waals surface area (Å²) < 4.78 is 11.1. The number of methoxy groups -OCH3 is 2. The molecule has 10 atom stereocenters. The molecule has 63 heavy (non-hydrogen) atoms. The molecule has 1 aliphatic rings. The number of carbonyl (C=O) groups is 6. The smallest absolute Gasteiger partial charge is 0.326 e. The van der Waals surface area contributed by atoms with Gasteiger partial charge in [0.15, 0.2) is 4.05 Å². The van der Waals surface area contributed by atoms with Crippen molar-refractivity contribution in [1.29, 1.82) is 0 Å². The Morgan fingerprint density at radius 2 is 1.43 bits per heavy atom. The van der Waals surface area contributed by atoms with Gasteiger partial charge in [0.2, 0.25) is 23.6 Å². The molecular weight excluding hydrogens is 921 g/mol. The van der Waals surface area contributed by atoms with Gasteiger partial charge in [-0.25, -0.2) is 4.79 Å². The van der Waals surface area contributed by atoms with Gasteiger partial charge >= 0.3 is 5.97 Å². The van der Waals surface area contributed by atoms with Crippen molar-refractivity contribution in [2.75, 3.05) is 47.6 Å². The summed E-state index contributed by atoms with van der Waals surface area (Å²) in [6, 6.07) is 12.0. The van der Waals surface area contributed by atoms with Crippen molar-refractivity contribution in [3.63, 3.8) is 0 Å². The van der Waals surface area contributed by atoms with Gasteiger partial charge in [0.05, 0.1) is 42.7 Å². The number of rotatable bonds is 24. The van der Waals surface area contributed by atoms with E-state index < -0.39 is 70.2 Å². The maximum Gasteiger partial charge on any atom is 0.326 e. The number of nitrogens with two attached hydrogens (primary N) is 1. The van der Waals surface area contributed by atoms with Crippen LogP contribution in [0.1, 0.15) is 71.4 Å². The quantitative estimate of drug-likeness (QED) is 0.0445. The lowest BCUT2D eigenvalue weighted by Crippen LogP contribution is -2.57. The Balaban J connectivity index is 1.80. The number of alkyl halides is 1. The number of ether oxygens (including phenoxy) is 2. The third kappa shape index (κ3) is 14.9. The summed E-state index contributed by atoms with van der Waals surface area (Å²) in [5.74, 6) is -4.07. The summed E-state index contributed by atoms with van der Waals surface area (Å²) in [5.41, 5.74) is 7.74. The second-order valence-corrected chi connectivity index (χ2v) is 18.5. The number of nitrogens with one attached hydrogen (secondary N) is 3. The van der Waals surface area contributed by atoms with Gasteiger partial charge in [0.25, 0.3) is 5.91 Å². The van der Waals surface area contributed by atoms with E-state index in [1.54, 1.807) is 48.0 Å². The van der Waals surface area contributed by atoms with E-state index >= 15 is 0 Å². The van der Waals surface area contributed by atoms with Gasteiger partial charge in [0.1, 0.15) is 12.1 Å². The standard InChI is InChI=1S/C46H70IN7O9/c1-11-28(4)39(53(8)45(59)41(47)51-44(58)38(27(2)3)52(6)7)36(62-9)26-37(55)54-23-15-18-35(54)40(63-10)29(5)42(56)49-33(24-30-16-13-12-14-17-30)43(57)50-34(46(60)61)25-31-19-21-32(48)22-20-31/h12-14,16-17,19-22,27-29,33-36,38-41H,11,15,18,23-26,48H2,1-10H3,(H,49,56)(H,50,57)(H,51,58)(H,60,61)/t28-,29+,33-,34-,35-,36+,38-,39?,40+,41?/m0/s1. The highest BCUT2D eigenvalue weighted by atomic mass is 127. The van der Waals surface area contributed by atoms with Crippen LogP contribution in [0.2, 0.25) is 0 Å². The third-order valence-electron chi connectivity index (χ3n) is 12.2. The molecule has 0 aromatic heterocycles. The predicted molar refractivity (Wildman–Crippen MR) is 251 cm³/mol. The molecule has 5 amide bonds. The van der Waals surface area contributed by atoms with E-state index in [0.29, 0.717) is 37.1 Å². The molecule has 0 bridgehead atoms. The molecule has 0 radical (unpaired) electrons. The van der Waals surface area contributed by atoms with Gasteiger partial charge in [0, 0.05) is 46.3 Å². The normalized spacial score (nSPS) is 18.3. The molecular formula is C46H70IN7O9. The fourth-order valence-electron chi connectivity index (χ4n) is 8.61. The molecule has 1 saturated heterocycles. The van der Waals surface area contributed by atoms with Gasteiger partial charge in [-0.3, -0.25) is 28.9 Å². The fraction of sp³-hybridized carbons (Fsp3) is 0.609. The Morgan fingerprint density at radius 3 is 1.97 bits per heavy atom. The van der Waals surface area contributed by atoms with Crippen LogP contribution in [0.15, 0.2) is 54.6 Å². The van der Waals surface area contributed by atoms with Gasteiger partial charge in [-0.2, -0.15) is 0 Å². The Hall–Kier alpha value is -4.33. The van der Waals surface area contributed by atoms with E-state index in [9.17, 15) is 33.9 Å². The summed E-state index contributed by atoms with van der Waals surface area (Å²) in [6.07, 6.45) is 0.515. The van der Waals surface area contributed by atoms with Crippen LogP contribution in [0.3, 0.4) is 0 Å². The maximum atomic E-state index is 14.3. The average Bonchev–Trinajstić information content (AvgIpc) is 3.73. The predicted octanol–water partition coefficient (Wildman–Crippen LogP) is 3.49. The van der Waals surface area contributed by atoms with Gasteiger partial charge in [-0.05, 0) is 84.6 Å². The highest BCUT2D eigenvalue weighted by molar-refractivity contribution is 14.1. The molecule has 6 N–H and O–H groups in total. The molecule has 2 unspecified atom stereocenters. The molecule has 3 rings (SSSR count). The van der Waals surface area contributed by atoms with Gasteiger partial charge in [-0.15, -0.1) is 0 Å². The second-order valence-electron chi connectivity index (χ2n) is 17.2. The zero-order valence-corrected chi connectivity index (χ0v) is 40.7. The highest BCUT2D eigenvalue weighted by Crippen LogP contribution is 2.30. The number of carboxylic acid groups (broad SMARTS) is 1. The fourth-order valence-corrected chi connectivity index (χ4v) is 9.36. The average molecular weight is 992 g/mol. The summed E-state index contributed by atoms with van der Waals surface area (Å²) in [6.45, 7) is 10.0. The van der Waals surface area contributed by atoms with E-state index in [2.05, 4.69) is 16.0 Å². The van der Waals surface area contributed by atoms with Crippen LogP contribution in [-0.4, -0.2) is 144 Å². The largest absolute Gasteiger partial charge is 0.480 e. The maximum absolute atomic E-state index is 14.3. The van der Waals surface area contributed by atoms with Crippen LogP contribution >= 0.6 is 22.6 Å². The van der Waals surface area contributed by atoms with Crippen LogP contribution < -0.4 is 21.7 Å². The first kappa shape index (κ1) is 53.0. The Kier molecular flexibility index (Phi) is 21.2. The van der Waals surface area contributed by atoms with Crippen LogP contribution in [-0.2, 0) is 51.1 Å². The topological polar surface area (TPSA) is 213 Å². The molecule has 16 nitrogen and oxygen atoms in total. The first-order valence-corrected chi connectivity index (χ1v) is 22.9. The molecule has 0 saturated carbocycles. The molecule has 1 heterocycles. The van der Waals surface area contributed by atoms with Gasteiger partial charge < -0.3 is 46.1 Å². The number of nitrogens with zero attached hydrogens (tertiary/aromatic N) is 3. The number of anilines is 1. The van der Waals surface area contributed by atoms with Crippen molar-refractivity contribution in [2.24, 2.45) is 17.8 Å². The zero-order valence-electron chi connectivity index (χ0n) is 38.5. The lowest BCUT2D eigenvalue weighted by molar-refractivity contribution is -0.146. The molecule has 350 valence electrons. The number of aliphatic carboxylic acids is 1. The van der Waals surface area contributed by atoms with E-state index in [1.807, 2.05) is 99.6 Å². The molecule has 17 heteroatoms. The summed E-state index contributed by atoms with van der Waals surface area (Å²) in [7, 11) is 8.32. The van der Waals surface area contributed by atoms with Crippen LogP contribution in [0.4, 0.5) is 5.69 Å². The minimum absolute atomic E-state index is 0.00254. The van der Waals surface area contributed by atoms with Crippen molar-refractivity contribution >= 4 is 63.8 Å². The van der Waals surface area contributed by atoms with Crippen molar-refractivity contribution in [1.82, 2.24) is 30.7 Å². The van der Waals surface area contributed by atoms with E-state index in [0.717, 1.165) is 5.56 Å². The minimum atomic E-state index is -1.28. The van der Waals surface area contributed by atoms with Gasteiger partial charge in [-0.1, -0.05) is 83.5 Å². The van der Waals surface area contributed by atoms with Crippen molar-refractivity contribution in [3.8, 4) is 0 Å². The summed E-state index contributed by atoms with van der Waals surface area (Å²) >= 11 is 1.94. The van der Waals surface area contributed by atoms with E-state index in [1.165, 1.54) is 14.2 Å². The lowest BCUT2D eigenvalue weighted by Gasteiger charge is -2.40. The Labute approximate surface area is 386 Å². The number of likely N-dealkylation sites (tertiary alicyclic amines) is 1. The number of nitrogen functional groups attached to an aromatic ring is 1. The highest BCUT2D eigenvalue weighted by Gasteiger charge is 2.43. The van der Waals surface area contributed by atoms with Crippen molar-refractivity contribution in [3.05, 3.63) is 65.7 Å². The molecule has 0 spiro atoms. The van der Waals surface area contributed by atoms with Crippen LogP contribution in [0, 0.1) is 17.8 Å². The number of hydrogen-bond donors (Lipinski definition) is 5. The van der Waals surface area contributed by atoms with Crippen molar-refractivity contribution in [2.45, 2.75) is 120 Å². The lowest BCUT2D eigenvalue weighted by atomic mass is 9.90. The molecule has 2 aromatic carbocycles. The number of amides is 5. The number of hydrogen-bond acceptors (Lipinski definition) is 10. The number of likely N-dealkylation sites (N-methyl/N-ethyl adjacent to an activating group) is 2. The first-order chi connectivity index (χ1) is 29.7. The molecule has 1 fully saturated rings. The second kappa shape index (κ2) is 25.2. The Bertz CT molecular complexity index is 1810. The van der Waals surface area contributed by atoms with Crippen LogP contribution in [0.25, 0.3) is 0 Å². The number of halogens is 1. The summed E-state index contributed by atoms with van der Waals surface area (Å²) in [5, 5.41) is 18.4. The number of carbonyl (C=O) groups excluding carboxylic acids is 5. The monoisotopic (exact) mass is 991 g/mol.